The molecule has 0 atom stereocenters. The molecule has 0 aliphatic heterocycles. The molecule has 0 spiro atoms. The fourth-order valence-electron chi connectivity index (χ4n) is 1.89. The van der Waals surface area contributed by atoms with Gasteiger partial charge in [0.1, 0.15) is 0 Å². The first kappa shape index (κ1) is 13.2. The number of likely N-dealkylation sites (N-methyl/N-ethyl adjacent to an activating group) is 1. The van der Waals surface area contributed by atoms with Crippen LogP contribution in [-0.4, -0.2) is 36.8 Å². The molecule has 0 saturated heterocycles. The van der Waals surface area contributed by atoms with E-state index in [1.807, 2.05) is 0 Å². The van der Waals surface area contributed by atoms with Crippen molar-refractivity contribution in [2.45, 2.75) is 26.7 Å². The molecule has 0 aromatic heterocycles. The van der Waals surface area contributed by atoms with Crippen LogP contribution in [0.3, 0.4) is 0 Å². The molecular weight excluding hydrogens is 198 g/mol. The van der Waals surface area contributed by atoms with E-state index in [0.717, 1.165) is 25.9 Å². The third kappa shape index (κ3) is 4.33. The predicted octanol–water partition coefficient (Wildman–Crippen LogP) is 2.16. The van der Waals surface area contributed by atoms with Gasteiger partial charge in [-0.3, -0.25) is 0 Å². The number of aliphatic hydroxyl groups is 1. The second-order valence-electron chi connectivity index (χ2n) is 4.56. The normalized spacial score (nSPS) is 11.1. The van der Waals surface area contributed by atoms with Gasteiger partial charge < -0.3 is 10.0 Å². The fraction of sp³-hybridized carbons (Fsp3) is 0.571. The monoisotopic (exact) mass is 221 g/mol. The molecule has 0 aliphatic carbocycles. The van der Waals surface area contributed by atoms with E-state index in [1.54, 1.807) is 0 Å². The molecule has 0 radical (unpaired) electrons. The summed E-state index contributed by atoms with van der Waals surface area (Å²) in [6.45, 7) is 6.62. The molecule has 0 saturated carbocycles. The Balaban J connectivity index is 2.42. The highest BCUT2D eigenvalue weighted by Crippen LogP contribution is 2.11. The average Bonchev–Trinajstić information content (AvgIpc) is 2.25. The number of nitrogens with zero attached hydrogens (tertiary/aromatic N) is 1. The van der Waals surface area contributed by atoms with Crippen molar-refractivity contribution in [3.05, 3.63) is 34.9 Å². The number of aliphatic hydroxyl groups excluding tert-OH is 1. The maximum Gasteiger partial charge on any atom is 0.0443 e. The van der Waals surface area contributed by atoms with Crippen molar-refractivity contribution in [1.29, 1.82) is 0 Å². The Morgan fingerprint density at radius 1 is 1.19 bits per heavy atom. The van der Waals surface area contributed by atoms with Crippen LogP contribution in [-0.2, 0) is 6.42 Å². The van der Waals surface area contributed by atoms with Gasteiger partial charge in [-0.05, 0) is 44.9 Å². The Kier molecular flexibility index (Phi) is 5.50. The minimum Gasteiger partial charge on any atom is -0.396 e. The van der Waals surface area contributed by atoms with Crippen LogP contribution in [0.15, 0.2) is 18.2 Å². The molecule has 1 aromatic rings. The van der Waals surface area contributed by atoms with Crippen LogP contribution in [0.1, 0.15) is 23.1 Å². The van der Waals surface area contributed by atoms with Gasteiger partial charge in [-0.1, -0.05) is 23.8 Å². The lowest BCUT2D eigenvalue weighted by molar-refractivity contribution is 0.248. The third-order valence-electron chi connectivity index (χ3n) is 2.96. The van der Waals surface area contributed by atoms with Gasteiger partial charge in [-0.15, -0.1) is 0 Å². The quantitative estimate of drug-likeness (QED) is 0.795. The SMILES string of the molecule is Cc1ccc(CCN(C)CCCO)c(C)c1. The Labute approximate surface area is 98.9 Å². The summed E-state index contributed by atoms with van der Waals surface area (Å²) in [7, 11) is 2.11. The Morgan fingerprint density at radius 3 is 2.56 bits per heavy atom. The van der Waals surface area contributed by atoms with E-state index >= 15 is 0 Å². The van der Waals surface area contributed by atoms with Gasteiger partial charge in [0.05, 0.1) is 0 Å². The Morgan fingerprint density at radius 2 is 1.94 bits per heavy atom. The van der Waals surface area contributed by atoms with Crippen molar-refractivity contribution in [2.75, 3.05) is 26.7 Å². The molecule has 0 heterocycles. The zero-order chi connectivity index (χ0) is 12.0. The van der Waals surface area contributed by atoms with Crippen molar-refractivity contribution < 1.29 is 5.11 Å². The molecule has 0 bridgehead atoms. The van der Waals surface area contributed by atoms with E-state index in [0.29, 0.717) is 0 Å². The highest BCUT2D eigenvalue weighted by molar-refractivity contribution is 5.30. The molecule has 0 aliphatic rings. The smallest absolute Gasteiger partial charge is 0.0443 e. The van der Waals surface area contributed by atoms with E-state index in [9.17, 15) is 0 Å². The highest BCUT2D eigenvalue weighted by Gasteiger charge is 2.01. The molecule has 0 amide bonds. The predicted molar refractivity (Wildman–Crippen MR) is 68.8 cm³/mol. The van der Waals surface area contributed by atoms with E-state index < -0.39 is 0 Å². The molecule has 2 heteroatoms. The molecule has 16 heavy (non-hydrogen) atoms. The van der Waals surface area contributed by atoms with E-state index in [-0.39, 0.29) is 6.61 Å². The number of hydrogen-bond acceptors (Lipinski definition) is 2. The molecular formula is C14H23NO. The second kappa shape index (κ2) is 6.66. The first-order valence-corrected chi connectivity index (χ1v) is 5.99. The average molecular weight is 221 g/mol. The van der Waals surface area contributed by atoms with Crippen molar-refractivity contribution in [3.8, 4) is 0 Å². The van der Waals surface area contributed by atoms with Gasteiger partial charge in [0.2, 0.25) is 0 Å². The summed E-state index contributed by atoms with van der Waals surface area (Å²) in [5, 5.41) is 8.75. The number of hydrogen-bond donors (Lipinski definition) is 1. The third-order valence-corrected chi connectivity index (χ3v) is 2.96. The van der Waals surface area contributed by atoms with E-state index in [2.05, 4.69) is 44.0 Å². The standard InChI is InChI=1S/C14H23NO/c1-12-5-6-14(13(2)11-12)7-9-15(3)8-4-10-16/h5-6,11,16H,4,7-10H2,1-3H3. The van der Waals surface area contributed by atoms with E-state index in [4.69, 9.17) is 5.11 Å². The zero-order valence-corrected chi connectivity index (χ0v) is 10.7. The summed E-state index contributed by atoms with van der Waals surface area (Å²) in [5.41, 5.74) is 4.15. The lowest BCUT2D eigenvalue weighted by atomic mass is 10.0. The van der Waals surface area contributed by atoms with Crippen molar-refractivity contribution in [1.82, 2.24) is 4.90 Å². The van der Waals surface area contributed by atoms with Gasteiger partial charge in [0.25, 0.3) is 0 Å². The van der Waals surface area contributed by atoms with Crippen LogP contribution in [0, 0.1) is 13.8 Å². The Hall–Kier alpha value is -0.860. The number of aryl methyl sites for hydroxylation is 2. The molecule has 90 valence electrons. The maximum absolute atomic E-state index is 8.75. The summed E-state index contributed by atoms with van der Waals surface area (Å²) in [4.78, 5) is 2.27. The van der Waals surface area contributed by atoms with Crippen LogP contribution >= 0.6 is 0 Å². The second-order valence-corrected chi connectivity index (χ2v) is 4.56. The van der Waals surface area contributed by atoms with Gasteiger partial charge in [-0.25, -0.2) is 0 Å². The van der Waals surface area contributed by atoms with E-state index in [1.165, 1.54) is 16.7 Å². The van der Waals surface area contributed by atoms with Crippen molar-refractivity contribution in [2.24, 2.45) is 0 Å². The lowest BCUT2D eigenvalue weighted by Gasteiger charge is -2.16. The lowest BCUT2D eigenvalue weighted by Crippen LogP contribution is -2.23. The maximum atomic E-state index is 8.75. The van der Waals surface area contributed by atoms with Crippen molar-refractivity contribution in [3.63, 3.8) is 0 Å². The summed E-state index contributed by atoms with van der Waals surface area (Å²) in [6, 6.07) is 6.64. The zero-order valence-electron chi connectivity index (χ0n) is 10.7. The van der Waals surface area contributed by atoms with Crippen molar-refractivity contribution >= 4 is 0 Å². The molecule has 2 nitrogen and oxygen atoms in total. The van der Waals surface area contributed by atoms with Gasteiger partial charge >= 0.3 is 0 Å². The largest absolute Gasteiger partial charge is 0.396 e. The van der Waals surface area contributed by atoms with Crippen LogP contribution < -0.4 is 0 Å². The molecule has 1 rings (SSSR count). The van der Waals surface area contributed by atoms with Crippen LogP contribution in [0.4, 0.5) is 0 Å². The summed E-state index contributed by atoms with van der Waals surface area (Å²) < 4.78 is 0. The summed E-state index contributed by atoms with van der Waals surface area (Å²) in [6.07, 6.45) is 1.96. The van der Waals surface area contributed by atoms with Gasteiger partial charge in [0, 0.05) is 19.7 Å². The summed E-state index contributed by atoms with van der Waals surface area (Å²) in [5.74, 6) is 0. The van der Waals surface area contributed by atoms with Gasteiger partial charge in [0.15, 0.2) is 0 Å². The molecule has 1 N–H and O–H groups in total. The van der Waals surface area contributed by atoms with Crippen LogP contribution in [0.2, 0.25) is 0 Å². The number of benzene rings is 1. The first-order valence-electron chi connectivity index (χ1n) is 5.99. The van der Waals surface area contributed by atoms with Gasteiger partial charge in [-0.2, -0.15) is 0 Å². The first-order chi connectivity index (χ1) is 7.63. The highest BCUT2D eigenvalue weighted by atomic mass is 16.3. The summed E-state index contributed by atoms with van der Waals surface area (Å²) >= 11 is 0. The minimum atomic E-state index is 0.286. The topological polar surface area (TPSA) is 23.5 Å². The molecule has 0 unspecified atom stereocenters. The number of rotatable bonds is 6. The Bertz CT molecular complexity index is 323. The minimum absolute atomic E-state index is 0.286. The van der Waals surface area contributed by atoms with Crippen LogP contribution in [0.25, 0.3) is 0 Å². The van der Waals surface area contributed by atoms with Crippen LogP contribution in [0.5, 0.6) is 0 Å². The molecule has 0 fully saturated rings. The molecule has 1 aromatic carbocycles. The fourth-order valence-corrected chi connectivity index (χ4v) is 1.89.